The fourth-order valence-corrected chi connectivity index (χ4v) is 1.78. The summed E-state index contributed by atoms with van der Waals surface area (Å²) >= 11 is 0. The lowest BCUT2D eigenvalue weighted by Crippen LogP contribution is -2.34. The van der Waals surface area contributed by atoms with Gasteiger partial charge < -0.3 is 10.8 Å². The van der Waals surface area contributed by atoms with E-state index in [1.54, 1.807) is 32.0 Å². The molecule has 0 aliphatic carbocycles. The van der Waals surface area contributed by atoms with Gasteiger partial charge in [-0.3, -0.25) is 14.2 Å². The molecule has 0 bridgehead atoms. The minimum absolute atomic E-state index is 0.0545. The number of aromatic nitrogens is 2. The highest BCUT2D eigenvalue weighted by molar-refractivity contribution is 5.80. The Hall–Kier alpha value is -2.37. The van der Waals surface area contributed by atoms with Gasteiger partial charge in [0.25, 0.3) is 5.56 Å². The van der Waals surface area contributed by atoms with Crippen LogP contribution >= 0.6 is 0 Å². The number of rotatable bonds is 3. The summed E-state index contributed by atoms with van der Waals surface area (Å²) in [6, 6.07) is 4.88. The molecule has 1 heterocycles. The van der Waals surface area contributed by atoms with Crippen LogP contribution in [0.15, 0.2) is 29.3 Å². The fourth-order valence-electron chi connectivity index (χ4n) is 1.78. The Morgan fingerprint density at radius 1 is 1.47 bits per heavy atom. The minimum Gasteiger partial charge on any atom is -0.481 e. The molecule has 100 valence electrons. The Bertz CT molecular complexity index is 704. The van der Waals surface area contributed by atoms with Crippen LogP contribution in [0.25, 0.3) is 10.9 Å². The largest absolute Gasteiger partial charge is 0.481 e. The van der Waals surface area contributed by atoms with E-state index < -0.39 is 11.4 Å². The van der Waals surface area contributed by atoms with Crippen molar-refractivity contribution < 1.29 is 9.90 Å². The first-order valence-corrected chi connectivity index (χ1v) is 5.79. The molecule has 6 nitrogen and oxygen atoms in total. The molecule has 0 unspecified atom stereocenters. The first-order chi connectivity index (χ1) is 8.81. The van der Waals surface area contributed by atoms with Crippen molar-refractivity contribution in [3.05, 3.63) is 34.9 Å². The molecule has 0 radical (unpaired) electrons. The zero-order valence-corrected chi connectivity index (χ0v) is 10.8. The first kappa shape index (κ1) is 13.1. The number of hydrogen-bond donors (Lipinski definition) is 2. The normalized spacial score (nSPS) is 11.7. The van der Waals surface area contributed by atoms with Crippen molar-refractivity contribution in [1.29, 1.82) is 0 Å². The van der Waals surface area contributed by atoms with Gasteiger partial charge in [-0.05, 0) is 32.0 Å². The number of anilines is 1. The van der Waals surface area contributed by atoms with E-state index in [0.717, 1.165) is 0 Å². The van der Waals surface area contributed by atoms with Crippen LogP contribution in [0, 0.1) is 5.41 Å². The summed E-state index contributed by atoms with van der Waals surface area (Å²) in [5, 5.41) is 9.49. The average Bonchev–Trinajstić information content (AvgIpc) is 2.33. The topological polar surface area (TPSA) is 98.2 Å². The average molecular weight is 261 g/mol. The van der Waals surface area contributed by atoms with Crippen LogP contribution in [0.2, 0.25) is 0 Å². The molecule has 6 heteroatoms. The van der Waals surface area contributed by atoms with E-state index >= 15 is 0 Å². The number of nitrogen functional groups attached to an aromatic ring is 1. The van der Waals surface area contributed by atoms with Crippen molar-refractivity contribution in [1.82, 2.24) is 9.55 Å². The van der Waals surface area contributed by atoms with Crippen LogP contribution in [0.5, 0.6) is 0 Å². The van der Waals surface area contributed by atoms with E-state index in [0.29, 0.717) is 16.6 Å². The molecule has 0 fully saturated rings. The molecular weight excluding hydrogens is 246 g/mol. The Balaban J connectivity index is 2.55. The summed E-state index contributed by atoms with van der Waals surface area (Å²) in [7, 11) is 0. The standard InChI is InChI=1S/C13H15N3O3/c1-13(2,12(18)19)6-16-7-15-10-4-3-8(14)5-9(10)11(16)17/h3-5,7H,6,14H2,1-2H3,(H,18,19). The van der Waals surface area contributed by atoms with E-state index in [1.807, 2.05) is 0 Å². The van der Waals surface area contributed by atoms with Gasteiger partial charge in [0.2, 0.25) is 0 Å². The maximum atomic E-state index is 12.3. The lowest BCUT2D eigenvalue weighted by atomic mass is 9.94. The Morgan fingerprint density at radius 3 is 2.79 bits per heavy atom. The summed E-state index contributed by atoms with van der Waals surface area (Å²) in [5.74, 6) is -0.966. The van der Waals surface area contributed by atoms with Crippen LogP contribution in [0.1, 0.15) is 13.8 Å². The molecule has 0 amide bonds. The summed E-state index contributed by atoms with van der Waals surface area (Å²) in [5.41, 5.74) is 5.34. The highest BCUT2D eigenvalue weighted by Gasteiger charge is 2.28. The summed E-state index contributed by atoms with van der Waals surface area (Å²) in [4.78, 5) is 27.5. The number of aliphatic carboxylic acids is 1. The number of hydrogen-bond acceptors (Lipinski definition) is 4. The Kier molecular flexibility index (Phi) is 3.01. The van der Waals surface area contributed by atoms with Gasteiger partial charge in [-0.1, -0.05) is 0 Å². The molecule has 0 aliphatic heterocycles. The van der Waals surface area contributed by atoms with Gasteiger partial charge in [0.15, 0.2) is 0 Å². The van der Waals surface area contributed by atoms with Crippen LogP contribution in [-0.4, -0.2) is 20.6 Å². The lowest BCUT2D eigenvalue weighted by Gasteiger charge is -2.20. The second-order valence-electron chi connectivity index (χ2n) is 5.14. The highest BCUT2D eigenvalue weighted by Crippen LogP contribution is 2.18. The minimum atomic E-state index is -1.04. The number of nitrogens with zero attached hydrogens (tertiary/aromatic N) is 2. The molecule has 0 atom stereocenters. The maximum absolute atomic E-state index is 12.3. The van der Waals surface area contributed by atoms with Gasteiger partial charge in [0, 0.05) is 12.2 Å². The number of carbonyl (C=O) groups is 1. The summed E-state index contributed by atoms with van der Waals surface area (Å²) < 4.78 is 1.30. The number of fused-ring (bicyclic) bond motifs is 1. The SMILES string of the molecule is CC(C)(Cn1cnc2ccc(N)cc2c1=O)C(=O)O. The second kappa shape index (κ2) is 4.38. The molecule has 19 heavy (non-hydrogen) atoms. The lowest BCUT2D eigenvalue weighted by molar-refractivity contribution is -0.147. The van der Waals surface area contributed by atoms with Crippen LogP contribution in [0.4, 0.5) is 5.69 Å². The molecule has 0 spiro atoms. The number of benzene rings is 1. The third-order valence-electron chi connectivity index (χ3n) is 2.99. The van der Waals surface area contributed by atoms with Gasteiger partial charge in [0.1, 0.15) is 0 Å². The molecule has 2 aromatic rings. The van der Waals surface area contributed by atoms with Crippen molar-refractivity contribution in [2.24, 2.45) is 5.41 Å². The van der Waals surface area contributed by atoms with Crippen molar-refractivity contribution in [2.45, 2.75) is 20.4 Å². The molecule has 1 aromatic heterocycles. The molecule has 0 saturated heterocycles. The van der Waals surface area contributed by atoms with Crippen molar-refractivity contribution in [3.8, 4) is 0 Å². The van der Waals surface area contributed by atoms with Crippen molar-refractivity contribution in [2.75, 3.05) is 5.73 Å². The molecule has 0 saturated carbocycles. The monoisotopic (exact) mass is 261 g/mol. The highest BCUT2D eigenvalue weighted by atomic mass is 16.4. The van der Waals surface area contributed by atoms with Crippen LogP contribution in [-0.2, 0) is 11.3 Å². The van der Waals surface area contributed by atoms with Crippen LogP contribution < -0.4 is 11.3 Å². The van der Waals surface area contributed by atoms with Gasteiger partial charge in [-0.15, -0.1) is 0 Å². The fraction of sp³-hybridized carbons (Fsp3) is 0.308. The Morgan fingerprint density at radius 2 is 2.16 bits per heavy atom. The van der Waals surface area contributed by atoms with Crippen molar-refractivity contribution >= 4 is 22.6 Å². The Labute approximate surface area is 109 Å². The zero-order valence-electron chi connectivity index (χ0n) is 10.8. The summed E-state index contributed by atoms with van der Waals surface area (Å²) in [6.07, 6.45) is 1.37. The molecule has 1 aromatic carbocycles. The van der Waals surface area contributed by atoms with E-state index in [2.05, 4.69) is 4.98 Å². The third-order valence-corrected chi connectivity index (χ3v) is 2.99. The molecule has 0 aliphatic rings. The first-order valence-electron chi connectivity index (χ1n) is 5.79. The predicted octanol–water partition coefficient (Wildman–Crippen LogP) is 1.09. The van der Waals surface area contributed by atoms with Gasteiger partial charge in [0.05, 0.1) is 22.6 Å². The van der Waals surface area contributed by atoms with Crippen molar-refractivity contribution in [3.63, 3.8) is 0 Å². The quantitative estimate of drug-likeness (QED) is 0.806. The smallest absolute Gasteiger partial charge is 0.310 e. The van der Waals surface area contributed by atoms with Crippen LogP contribution in [0.3, 0.4) is 0 Å². The second-order valence-corrected chi connectivity index (χ2v) is 5.14. The van der Waals surface area contributed by atoms with E-state index in [4.69, 9.17) is 10.8 Å². The van der Waals surface area contributed by atoms with Gasteiger partial charge >= 0.3 is 5.97 Å². The molecule has 3 N–H and O–H groups in total. The molecule has 2 rings (SSSR count). The summed E-state index contributed by atoms with van der Waals surface area (Å²) in [6.45, 7) is 3.18. The zero-order chi connectivity index (χ0) is 14.2. The van der Waals surface area contributed by atoms with E-state index in [-0.39, 0.29) is 12.1 Å². The molecular formula is C13H15N3O3. The van der Waals surface area contributed by atoms with Gasteiger partial charge in [-0.2, -0.15) is 0 Å². The number of carboxylic acid groups (broad SMARTS) is 1. The van der Waals surface area contributed by atoms with E-state index in [1.165, 1.54) is 10.9 Å². The number of nitrogens with two attached hydrogens (primary N) is 1. The van der Waals surface area contributed by atoms with E-state index in [9.17, 15) is 9.59 Å². The predicted molar refractivity (Wildman–Crippen MR) is 71.8 cm³/mol. The maximum Gasteiger partial charge on any atom is 0.310 e. The van der Waals surface area contributed by atoms with Gasteiger partial charge in [-0.25, -0.2) is 4.98 Å². The number of carboxylic acids is 1. The third kappa shape index (κ3) is 2.42.